The van der Waals surface area contributed by atoms with E-state index >= 15 is 0 Å². The highest BCUT2D eigenvalue weighted by Crippen LogP contribution is 1.93. The Bertz CT molecular complexity index is 115. The fourth-order valence-electron chi connectivity index (χ4n) is 0.380. The van der Waals surface area contributed by atoms with E-state index < -0.39 is 6.04 Å². The number of esters is 1. The quantitative estimate of drug-likeness (QED) is 0.660. The van der Waals surface area contributed by atoms with Crippen LogP contribution in [0.2, 0.25) is 0 Å². The molecule has 1 unspecified atom stereocenters. The number of halogens is 1. The van der Waals surface area contributed by atoms with Crippen LogP contribution < -0.4 is 5.73 Å². The van der Waals surface area contributed by atoms with Crippen molar-refractivity contribution in [2.45, 2.75) is 26.8 Å². The van der Waals surface area contributed by atoms with Crippen molar-refractivity contribution in [1.82, 2.24) is 0 Å². The van der Waals surface area contributed by atoms with Crippen LogP contribution in [0.15, 0.2) is 0 Å². The highest BCUT2D eigenvalue weighted by atomic mass is 35.5. The molecule has 4 heteroatoms. The van der Waals surface area contributed by atoms with E-state index in [4.69, 9.17) is 10.5 Å². The van der Waals surface area contributed by atoms with Crippen molar-refractivity contribution >= 4 is 18.4 Å². The molecule has 0 aliphatic carbocycles. The van der Waals surface area contributed by atoms with Crippen molar-refractivity contribution in [1.29, 1.82) is 0 Å². The summed E-state index contributed by atoms with van der Waals surface area (Å²) in [6, 6.07) is -0.501. The van der Waals surface area contributed by atoms with Gasteiger partial charge < -0.3 is 10.5 Å². The predicted molar refractivity (Wildman–Crippen MR) is 46.7 cm³/mol. The third-order valence-electron chi connectivity index (χ3n) is 0.931. The van der Waals surface area contributed by atoms with Gasteiger partial charge in [-0.15, -0.1) is 12.4 Å². The lowest BCUT2D eigenvalue weighted by Gasteiger charge is -2.08. The first-order valence-corrected chi connectivity index (χ1v) is 3.46. The van der Waals surface area contributed by atoms with Gasteiger partial charge in [0, 0.05) is 0 Å². The molecule has 1 atom stereocenters. The molecule has 0 fully saturated rings. The summed E-state index contributed by atoms with van der Waals surface area (Å²) in [5.41, 5.74) is 5.25. The summed E-state index contributed by atoms with van der Waals surface area (Å²) in [6.07, 6.45) is 0. The number of ether oxygens (including phenoxy) is 1. The minimum Gasteiger partial charge on any atom is -0.464 e. The van der Waals surface area contributed by atoms with Crippen molar-refractivity contribution in [2.24, 2.45) is 11.7 Å². The number of rotatable bonds is 3. The van der Waals surface area contributed by atoms with Crippen LogP contribution in [-0.4, -0.2) is 18.6 Å². The van der Waals surface area contributed by atoms with E-state index in [1.54, 1.807) is 6.92 Å². The fourth-order valence-corrected chi connectivity index (χ4v) is 0.380. The second-order valence-electron chi connectivity index (χ2n) is 2.81. The van der Waals surface area contributed by atoms with E-state index in [0.29, 0.717) is 12.5 Å². The van der Waals surface area contributed by atoms with Crippen molar-refractivity contribution in [3.63, 3.8) is 0 Å². The van der Waals surface area contributed by atoms with Gasteiger partial charge in [0.05, 0.1) is 6.61 Å². The molecule has 3 nitrogen and oxygen atoms in total. The Morgan fingerprint density at radius 1 is 1.45 bits per heavy atom. The lowest BCUT2D eigenvalue weighted by molar-refractivity contribution is -0.145. The van der Waals surface area contributed by atoms with Gasteiger partial charge in [0.1, 0.15) is 6.04 Å². The molecule has 0 bridgehead atoms. The van der Waals surface area contributed by atoms with Gasteiger partial charge in [-0.25, -0.2) is 0 Å². The molecule has 0 aromatic carbocycles. The van der Waals surface area contributed by atoms with Crippen molar-refractivity contribution < 1.29 is 9.53 Å². The summed E-state index contributed by atoms with van der Waals surface area (Å²) < 4.78 is 4.80. The van der Waals surface area contributed by atoms with E-state index in [2.05, 4.69) is 0 Å². The number of carbonyl (C=O) groups is 1. The van der Waals surface area contributed by atoms with Gasteiger partial charge in [-0.1, -0.05) is 13.8 Å². The number of nitrogens with two attached hydrogens (primary N) is 1. The normalized spacial score (nSPS) is 12.1. The van der Waals surface area contributed by atoms with Crippen LogP contribution in [0.1, 0.15) is 20.8 Å². The van der Waals surface area contributed by atoms with Crippen LogP contribution in [0.3, 0.4) is 0 Å². The molecule has 0 aliphatic heterocycles. The summed E-state index contributed by atoms with van der Waals surface area (Å²) >= 11 is 0. The third-order valence-corrected chi connectivity index (χ3v) is 0.931. The van der Waals surface area contributed by atoms with Gasteiger partial charge in [-0.2, -0.15) is 0 Å². The zero-order valence-electron chi connectivity index (χ0n) is 7.16. The lowest BCUT2D eigenvalue weighted by Crippen LogP contribution is -2.29. The zero-order chi connectivity index (χ0) is 8.15. The summed E-state index contributed by atoms with van der Waals surface area (Å²) in [6.45, 7) is 6.03. The van der Waals surface area contributed by atoms with Gasteiger partial charge >= 0.3 is 5.97 Å². The van der Waals surface area contributed by atoms with Gasteiger partial charge in [0.15, 0.2) is 0 Å². The molecule has 0 heterocycles. The van der Waals surface area contributed by atoms with E-state index in [0.717, 1.165) is 0 Å². The zero-order valence-corrected chi connectivity index (χ0v) is 7.98. The smallest absolute Gasteiger partial charge is 0.322 e. The molecular weight excluding hydrogens is 166 g/mol. The van der Waals surface area contributed by atoms with Crippen LogP contribution in [0.25, 0.3) is 0 Å². The van der Waals surface area contributed by atoms with Crippen molar-refractivity contribution in [2.75, 3.05) is 6.61 Å². The molecule has 0 spiro atoms. The fraction of sp³-hybridized carbons (Fsp3) is 0.857. The molecule has 0 aromatic rings. The molecule has 0 aliphatic rings. The first-order valence-electron chi connectivity index (χ1n) is 3.46. The van der Waals surface area contributed by atoms with Crippen LogP contribution in [-0.2, 0) is 9.53 Å². The van der Waals surface area contributed by atoms with Crippen LogP contribution in [0.5, 0.6) is 0 Å². The van der Waals surface area contributed by atoms with Crippen LogP contribution in [0.4, 0.5) is 0 Å². The molecule has 0 radical (unpaired) electrons. The largest absolute Gasteiger partial charge is 0.464 e. The minimum atomic E-state index is -0.501. The molecule has 0 rings (SSSR count). The Kier molecular flexibility index (Phi) is 7.79. The standard InChI is InChI=1S/C7H15NO2.ClH/c1-5(2)4-10-7(9)6(3)8;/h5-6H,4,8H2,1-3H3;1H. The van der Waals surface area contributed by atoms with E-state index in [-0.39, 0.29) is 18.4 Å². The summed E-state index contributed by atoms with van der Waals surface area (Å²) in [7, 11) is 0. The minimum absolute atomic E-state index is 0. The number of carbonyl (C=O) groups excluding carboxylic acids is 1. The van der Waals surface area contributed by atoms with Gasteiger partial charge in [-0.3, -0.25) is 4.79 Å². The Balaban J connectivity index is 0. The molecule has 11 heavy (non-hydrogen) atoms. The first kappa shape index (κ1) is 13.3. The van der Waals surface area contributed by atoms with E-state index in [1.807, 2.05) is 13.8 Å². The molecule has 68 valence electrons. The second-order valence-corrected chi connectivity index (χ2v) is 2.81. The van der Waals surface area contributed by atoms with Gasteiger partial charge in [0.25, 0.3) is 0 Å². The average Bonchev–Trinajstić information content (AvgIpc) is 1.82. The van der Waals surface area contributed by atoms with Crippen molar-refractivity contribution in [3.8, 4) is 0 Å². The lowest BCUT2D eigenvalue weighted by atomic mass is 10.2. The van der Waals surface area contributed by atoms with Gasteiger partial charge in [0.2, 0.25) is 0 Å². The maximum absolute atomic E-state index is 10.7. The highest BCUT2D eigenvalue weighted by molar-refractivity contribution is 5.85. The van der Waals surface area contributed by atoms with Crippen molar-refractivity contribution in [3.05, 3.63) is 0 Å². The van der Waals surface area contributed by atoms with Crippen LogP contribution >= 0.6 is 12.4 Å². The number of hydrogen-bond acceptors (Lipinski definition) is 3. The molecular formula is C7H16ClNO2. The monoisotopic (exact) mass is 181 g/mol. The summed E-state index contributed by atoms with van der Waals surface area (Å²) in [5, 5.41) is 0. The molecule has 2 N–H and O–H groups in total. The Morgan fingerprint density at radius 2 is 1.91 bits per heavy atom. The Hall–Kier alpha value is -0.280. The topological polar surface area (TPSA) is 52.3 Å². The highest BCUT2D eigenvalue weighted by Gasteiger charge is 2.08. The third kappa shape index (κ3) is 7.62. The summed E-state index contributed by atoms with van der Waals surface area (Å²) in [4.78, 5) is 10.7. The second kappa shape index (κ2) is 6.43. The molecule has 0 aromatic heterocycles. The Labute approximate surface area is 73.7 Å². The van der Waals surface area contributed by atoms with E-state index in [1.165, 1.54) is 0 Å². The van der Waals surface area contributed by atoms with Gasteiger partial charge in [-0.05, 0) is 12.8 Å². The summed E-state index contributed by atoms with van der Waals surface area (Å²) in [5.74, 6) is 0.0522. The SMILES string of the molecule is CC(C)COC(=O)C(C)N.Cl. The Morgan fingerprint density at radius 3 is 2.18 bits per heavy atom. The van der Waals surface area contributed by atoms with E-state index in [9.17, 15) is 4.79 Å². The average molecular weight is 182 g/mol. The van der Waals surface area contributed by atoms with Crippen LogP contribution in [0, 0.1) is 5.92 Å². The number of hydrogen-bond donors (Lipinski definition) is 1. The molecule has 0 amide bonds. The predicted octanol–water partition coefficient (Wildman–Crippen LogP) is 0.955. The maximum Gasteiger partial charge on any atom is 0.322 e. The molecule has 0 saturated heterocycles. The maximum atomic E-state index is 10.7. The molecule has 0 saturated carbocycles. The first-order chi connectivity index (χ1) is 4.54.